The molecule has 3 aromatic rings. The molecule has 0 unspecified atom stereocenters. The molecule has 1 amide bonds. The zero-order valence-corrected chi connectivity index (χ0v) is 15.8. The first kappa shape index (κ1) is 19.9. The predicted octanol–water partition coefficient (Wildman–Crippen LogP) is 2.70. The van der Waals surface area contributed by atoms with Crippen molar-refractivity contribution in [3.8, 4) is 11.5 Å². The zero-order chi connectivity index (χ0) is 21.0. The van der Waals surface area contributed by atoms with Crippen molar-refractivity contribution in [3.63, 3.8) is 0 Å². The first-order valence-electron chi connectivity index (χ1n) is 8.10. The van der Waals surface area contributed by atoms with Crippen LogP contribution in [0.15, 0.2) is 63.9 Å². The molecule has 0 atom stereocenters. The molecule has 0 fully saturated rings. The smallest absolute Gasteiger partial charge is 0.322 e. The lowest BCUT2D eigenvalue weighted by atomic mass is 10.2. The summed E-state index contributed by atoms with van der Waals surface area (Å²) in [5.74, 6) is -0.674. The second-order valence-corrected chi connectivity index (χ2v) is 7.84. The summed E-state index contributed by atoms with van der Waals surface area (Å²) in [6, 6.07) is 11.6. The van der Waals surface area contributed by atoms with Crippen LogP contribution in [-0.2, 0) is 14.6 Å². The maximum absolute atomic E-state index is 12.0. The molecule has 0 radical (unpaired) electrons. The van der Waals surface area contributed by atoms with Crippen molar-refractivity contribution >= 4 is 33.5 Å². The molecule has 10 nitrogen and oxygen atoms in total. The van der Waals surface area contributed by atoms with E-state index in [1.54, 1.807) is 18.2 Å². The van der Waals surface area contributed by atoms with Crippen molar-refractivity contribution in [3.05, 3.63) is 70.3 Å². The lowest BCUT2D eigenvalue weighted by molar-refractivity contribution is -0.384. The molecule has 0 aliphatic carbocycles. The number of carbonyl (C=O) groups is 1. The highest BCUT2D eigenvalue weighted by atomic mass is 32.2. The molecule has 1 aromatic heterocycles. The summed E-state index contributed by atoms with van der Waals surface area (Å²) in [6.45, 7) is 0. The number of nitrogens with one attached hydrogen (secondary N) is 1. The Balaban J connectivity index is 1.75. The maximum Gasteiger partial charge on any atom is 0.322 e. The van der Waals surface area contributed by atoms with Gasteiger partial charge < -0.3 is 4.42 Å². The van der Waals surface area contributed by atoms with Crippen molar-refractivity contribution in [2.45, 2.75) is 4.90 Å². The van der Waals surface area contributed by atoms with Gasteiger partial charge in [0.15, 0.2) is 9.84 Å². The molecule has 3 rings (SSSR count). The number of nitro groups is 1. The Labute approximate surface area is 165 Å². The minimum Gasteiger partial charge on any atom is -0.403 e. The van der Waals surface area contributed by atoms with Crippen LogP contribution in [0, 0.1) is 10.1 Å². The van der Waals surface area contributed by atoms with E-state index in [2.05, 4.69) is 15.5 Å². The Hall–Kier alpha value is -3.86. The number of sulfone groups is 1. The monoisotopic (exact) mass is 414 g/mol. The molecular weight excluding hydrogens is 400 g/mol. The average Bonchev–Trinajstić information content (AvgIpc) is 3.14. The Morgan fingerprint density at radius 1 is 1.17 bits per heavy atom. The van der Waals surface area contributed by atoms with E-state index in [1.165, 1.54) is 36.4 Å². The van der Waals surface area contributed by atoms with E-state index in [-0.39, 0.29) is 28.1 Å². The lowest BCUT2D eigenvalue weighted by Crippen LogP contribution is -2.07. The first-order chi connectivity index (χ1) is 13.7. The molecule has 0 aliphatic heterocycles. The highest BCUT2D eigenvalue weighted by molar-refractivity contribution is 7.90. The summed E-state index contributed by atoms with van der Waals surface area (Å²) >= 11 is 0. The van der Waals surface area contributed by atoms with Crippen LogP contribution in [0.25, 0.3) is 17.5 Å². The fourth-order valence-corrected chi connectivity index (χ4v) is 3.29. The van der Waals surface area contributed by atoms with E-state index in [9.17, 15) is 23.3 Å². The van der Waals surface area contributed by atoms with Crippen LogP contribution >= 0.6 is 0 Å². The lowest BCUT2D eigenvalue weighted by Gasteiger charge is -2.03. The van der Waals surface area contributed by atoms with Gasteiger partial charge in [0.05, 0.1) is 15.4 Å². The van der Waals surface area contributed by atoms with Gasteiger partial charge >= 0.3 is 6.01 Å². The summed E-state index contributed by atoms with van der Waals surface area (Å²) in [5.41, 5.74) is 0.580. The van der Waals surface area contributed by atoms with E-state index in [0.29, 0.717) is 5.56 Å². The van der Waals surface area contributed by atoms with Crippen LogP contribution in [0.2, 0.25) is 0 Å². The number of rotatable bonds is 6. The van der Waals surface area contributed by atoms with Crippen molar-refractivity contribution in [1.29, 1.82) is 0 Å². The van der Waals surface area contributed by atoms with E-state index in [1.807, 2.05) is 0 Å². The molecule has 29 heavy (non-hydrogen) atoms. The van der Waals surface area contributed by atoms with Crippen molar-refractivity contribution in [2.24, 2.45) is 0 Å². The number of hydrogen-bond donors (Lipinski definition) is 1. The number of nitro benzene ring substituents is 1. The van der Waals surface area contributed by atoms with E-state index in [0.717, 1.165) is 12.3 Å². The number of amides is 1. The molecule has 1 N–H and O–H groups in total. The highest BCUT2D eigenvalue weighted by Gasteiger charge is 2.19. The third kappa shape index (κ3) is 4.90. The summed E-state index contributed by atoms with van der Waals surface area (Å²) in [5, 5.41) is 20.6. The molecule has 0 saturated carbocycles. The second-order valence-electron chi connectivity index (χ2n) is 5.86. The Bertz CT molecular complexity index is 1220. The standard InChI is InChI=1S/C18H14N4O6S/c1-29(26,27)15-8-3-2-7-14(15)17-20-21-18(28-17)19-16(23)10-9-12-5-4-6-13(11-12)22(24)25/h2-11H,1H3,(H,19,21,23)/b10-9+. The molecule has 11 heteroatoms. The average molecular weight is 414 g/mol. The van der Waals surface area contributed by atoms with Gasteiger partial charge in [0.2, 0.25) is 0 Å². The fraction of sp³-hybridized carbons (Fsp3) is 0.0556. The van der Waals surface area contributed by atoms with Crippen LogP contribution in [0.4, 0.5) is 11.7 Å². The quantitative estimate of drug-likeness (QED) is 0.368. The Kier molecular flexibility index (Phi) is 5.50. The topological polar surface area (TPSA) is 145 Å². The molecule has 0 bridgehead atoms. The maximum atomic E-state index is 12.0. The van der Waals surface area contributed by atoms with Crippen molar-refractivity contribution < 1.29 is 22.6 Å². The Morgan fingerprint density at radius 2 is 1.93 bits per heavy atom. The minimum atomic E-state index is -3.52. The predicted molar refractivity (Wildman–Crippen MR) is 104 cm³/mol. The van der Waals surface area contributed by atoms with Gasteiger partial charge in [-0.15, -0.1) is 5.10 Å². The molecule has 0 spiro atoms. The Morgan fingerprint density at radius 3 is 2.66 bits per heavy atom. The van der Waals surface area contributed by atoms with E-state index < -0.39 is 20.7 Å². The number of benzene rings is 2. The van der Waals surface area contributed by atoms with Gasteiger partial charge in [-0.1, -0.05) is 29.4 Å². The highest BCUT2D eigenvalue weighted by Crippen LogP contribution is 2.27. The number of anilines is 1. The minimum absolute atomic E-state index is 0.0205. The SMILES string of the molecule is CS(=O)(=O)c1ccccc1-c1nnc(NC(=O)/C=C/c2cccc([N+](=O)[O-])c2)o1. The number of nitrogens with zero attached hydrogens (tertiary/aromatic N) is 3. The van der Waals surface area contributed by atoms with Gasteiger partial charge in [-0.05, 0) is 23.8 Å². The third-order valence-corrected chi connectivity index (χ3v) is 4.84. The van der Waals surface area contributed by atoms with Crippen LogP contribution in [0.5, 0.6) is 0 Å². The summed E-state index contributed by atoms with van der Waals surface area (Å²) < 4.78 is 29.1. The number of hydrogen-bond acceptors (Lipinski definition) is 8. The largest absolute Gasteiger partial charge is 0.403 e. The molecule has 2 aromatic carbocycles. The van der Waals surface area contributed by atoms with Gasteiger partial charge in [0.1, 0.15) is 0 Å². The fourth-order valence-electron chi connectivity index (χ4n) is 2.41. The van der Waals surface area contributed by atoms with Gasteiger partial charge in [-0.3, -0.25) is 20.2 Å². The molecule has 1 heterocycles. The van der Waals surface area contributed by atoms with Crippen LogP contribution in [-0.4, -0.2) is 35.7 Å². The normalized spacial score (nSPS) is 11.5. The van der Waals surface area contributed by atoms with Gasteiger partial charge in [0.25, 0.3) is 17.5 Å². The molecular formula is C18H14N4O6S. The number of carbonyl (C=O) groups excluding carboxylic acids is 1. The summed E-state index contributed by atoms with van der Waals surface area (Å²) in [7, 11) is -3.52. The number of non-ortho nitro benzene ring substituents is 1. The first-order valence-corrected chi connectivity index (χ1v) is 9.99. The summed E-state index contributed by atoms with van der Waals surface area (Å²) in [4.78, 5) is 22.3. The molecule has 148 valence electrons. The van der Waals surface area contributed by atoms with Crippen LogP contribution in [0.1, 0.15) is 5.56 Å². The van der Waals surface area contributed by atoms with Crippen LogP contribution < -0.4 is 5.32 Å². The van der Waals surface area contributed by atoms with E-state index >= 15 is 0 Å². The van der Waals surface area contributed by atoms with Gasteiger partial charge in [-0.2, -0.15) is 0 Å². The second kappa shape index (κ2) is 8.02. The molecule has 0 saturated heterocycles. The third-order valence-electron chi connectivity index (χ3n) is 3.68. The van der Waals surface area contributed by atoms with E-state index in [4.69, 9.17) is 4.42 Å². The van der Waals surface area contributed by atoms with Crippen molar-refractivity contribution in [2.75, 3.05) is 11.6 Å². The van der Waals surface area contributed by atoms with Gasteiger partial charge in [0, 0.05) is 24.5 Å². The van der Waals surface area contributed by atoms with Gasteiger partial charge in [-0.25, -0.2) is 8.42 Å². The van der Waals surface area contributed by atoms with Crippen molar-refractivity contribution in [1.82, 2.24) is 10.2 Å². The van der Waals surface area contributed by atoms with Crippen LogP contribution in [0.3, 0.4) is 0 Å². The summed E-state index contributed by atoms with van der Waals surface area (Å²) in [6.07, 6.45) is 3.59. The zero-order valence-electron chi connectivity index (χ0n) is 15.0. The molecule has 0 aliphatic rings. The number of aromatic nitrogens is 2.